The van der Waals surface area contributed by atoms with Crippen molar-refractivity contribution in [3.8, 4) is 0 Å². The molecule has 0 aliphatic carbocycles. The largest absolute Gasteiger partial charge is 0.389 e. The van der Waals surface area contributed by atoms with E-state index >= 15 is 0 Å². The molecule has 20 heavy (non-hydrogen) atoms. The van der Waals surface area contributed by atoms with Crippen LogP contribution in [0.15, 0.2) is 17.3 Å². The van der Waals surface area contributed by atoms with Gasteiger partial charge in [-0.25, -0.2) is 0 Å². The summed E-state index contributed by atoms with van der Waals surface area (Å²) >= 11 is 0. The molecule has 2 aliphatic rings. The summed E-state index contributed by atoms with van der Waals surface area (Å²) in [5.41, 5.74) is 6.59. The van der Waals surface area contributed by atoms with E-state index in [1.807, 2.05) is 0 Å². The number of rotatable bonds is 6. The Labute approximate surface area is 121 Å². The van der Waals surface area contributed by atoms with Crippen LogP contribution in [0.2, 0.25) is 0 Å². The van der Waals surface area contributed by atoms with Gasteiger partial charge >= 0.3 is 0 Å². The van der Waals surface area contributed by atoms with Gasteiger partial charge in [0.25, 0.3) is 0 Å². The second-order valence-corrected chi connectivity index (χ2v) is 6.48. The number of allylic oxidation sites excluding steroid dienone is 1. The molecule has 2 rings (SSSR count). The molecule has 1 saturated heterocycles. The van der Waals surface area contributed by atoms with E-state index in [1.54, 1.807) is 0 Å². The fraction of sp³-hybridized carbons (Fsp3) is 0.733. The fourth-order valence-corrected chi connectivity index (χ4v) is 3.01. The van der Waals surface area contributed by atoms with Crippen LogP contribution >= 0.6 is 0 Å². The molecule has 3 atom stereocenters. The Morgan fingerprint density at radius 1 is 1.60 bits per heavy atom. The minimum atomic E-state index is -0.594. The van der Waals surface area contributed by atoms with Gasteiger partial charge in [0.1, 0.15) is 17.7 Å². The van der Waals surface area contributed by atoms with Gasteiger partial charge in [-0.05, 0) is 25.2 Å². The van der Waals surface area contributed by atoms with Crippen LogP contribution in [0.5, 0.6) is 0 Å². The molecule has 5 heteroatoms. The van der Waals surface area contributed by atoms with Crippen LogP contribution in [0.25, 0.3) is 0 Å². The average Bonchev–Trinajstić information content (AvgIpc) is 2.98. The van der Waals surface area contributed by atoms with Crippen molar-refractivity contribution in [2.45, 2.75) is 44.7 Å². The molecule has 0 aromatic heterocycles. The van der Waals surface area contributed by atoms with Crippen LogP contribution < -0.4 is 16.4 Å². The van der Waals surface area contributed by atoms with Crippen molar-refractivity contribution in [3.05, 3.63) is 12.3 Å². The molecule has 5 nitrogen and oxygen atoms in total. The van der Waals surface area contributed by atoms with Crippen LogP contribution in [0.4, 0.5) is 0 Å². The predicted molar refractivity (Wildman–Crippen MR) is 81.5 cm³/mol. The highest BCUT2D eigenvalue weighted by Crippen LogP contribution is 2.29. The number of carbonyl (C=O) groups excluding carboxylic acids is 1. The van der Waals surface area contributed by atoms with Crippen LogP contribution in [-0.2, 0) is 4.79 Å². The smallest absolute Gasteiger partial charge is 0.147 e. The van der Waals surface area contributed by atoms with E-state index in [1.165, 1.54) is 0 Å². The van der Waals surface area contributed by atoms with Crippen LogP contribution in [0.1, 0.15) is 33.1 Å². The Kier molecular flexibility index (Phi) is 4.48. The Hall–Kier alpha value is -1.36. The monoisotopic (exact) mass is 278 g/mol. The molecule has 0 spiro atoms. The third kappa shape index (κ3) is 3.20. The topological polar surface area (TPSA) is 79.5 Å². The maximum absolute atomic E-state index is 11.6. The van der Waals surface area contributed by atoms with E-state index < -0.39 is 5.54 Å². The van der Waals surface area contributed by atoms with Crippen molar-refractivity contribution in [1.29, 1.82) is 0 Å². The lowest BCUT2D eigenvalue weighted by molar-refractivity contribution is -0.112. The van der Waals surface area contributed by atoms with Gasteiger partial charge in [0, 0.05) is 18.2 Å². The zero-order valence-corrected chi connectivity index (χ0v) is 12.5. The number of nitrogens with one attached hydrogen (secondary N) is 2. The number of amidine groups is 1. The van der Waals surface area contributed by atoms with Crippen molar-refractivity contribution < 1.29 is 4.79 Å². The SMILES string of the molecule is C=C1NCCC1CC1(C=O)CN=C(C(N)CC(C)C)N1. The number of nitrogens with two attached hydrogens (primary N) is 1. The highest BCUT2D eigenvalue weighted by Gasteiger charge is 2.40. The van der Waals surface area contributed by atoms with Gasteiger partial charge in [0.05, 0.1) is 12.6 Å². The standard InChI is InChI=1S/C15H26N4O/c1-10(2)6-13(16)14-18-8-15(9-20,19-14)7-12-4-5-17-11(12)3/h9-10,12-13,17H,3-8,16H2,1-2H3,(H,18,19). The van der Waals surface area contributed by atoms with E-state index in [-0.39, 0.29) is 6.04 Å². The number of nitrogens with zero attached hydrogens (tertiary/aromatic N) is 1. The van der Waals surface area contributed by atoms with Gasteiger partial charge in [-0.3, -0.25) is 4.99 Å². The lowest BCUT2D eigenvalue weighted by Crippen LogP contribution is -2.52. The first-order valence-electron chi connectivity index (χ1n) is 7.43. The predicted octanol–water partition coefficient (Wildman–Crippen LogP) is 0.813. The van der Waals surface area contributed by atoms with E-state index in [0.717, 1.165) is 43.6 Å². The van der Waals surface area contributed by atoms with Gasteiger partial charge in [0.15, 0.2) is 0 Å². The van der Waals surface area contributed by atoms with Crippen molar-refractivity contribution in [2.24, 2.45) is 22.6 Å². The third-order valence-electron chi connectivity index (χ3n) is 4.16. The van der Waals surface area contributed by atoms with E-state index in [9.17, 15) is 4.79 Å². The van der Waals surface area contributed by atoms with Gasteiger partial charge in [-0.1, -0.05) is 20.4 Å². The molecule has 0 saturated carbocycles. The first kappa shape index (κ1) is 15.0. The number of hydrogen-bond donors (Lipinski definition) is 3. The van der Waals surface area contributed by atoms with Crippen molar-refractivity contribution >= 4 is 12.1 Å². The molecule has 1 fully saturated rings. The summed E-state index contributed by atoms with van der Waals surface area (Å²) in [6.07, 6.45) is 3.64. The lowest BCUT2D eigenvalue weighted by atomic mass is 9.87. The van der Waals surface area contributed by atoms with Gasteiger partial charge in [0.2, 0.25) is 0 Å². The first-order chi connectivity index (χ1) is 9.46. The molecule has 0 amide bonds. The fourth-order valence-electron chi connectivity index (χ4n) is 3.01. The summed E-state index contributed by atoms with van der Waals surface area (Å²) in [5.74, 6) is 1.63. The first-order valence-corrected chi connectivity index (χ1v) is 7.43. The zero-order chi connectivity index (χ0) is 14.8. The van der Waals surface area contributed by atoms with Crippen LogP contribution in [0.3, 0.4) is 0 Å². The molecule has 0 radical (unpaired) electrons. The Bertz CT molecular complexity index is 418. The molecule has 0 aromatic rings. The van der Waals surface area contributed by atoms with Crippen molar-refractivity contribution in [2.75, 3.05) is 13.1 Å². The molecule has 0 bridgehead atoms. The Morgan fingerprint density at radius 2 is 2.35 bits per heavy atom. The lowest BCUT2D eigenvalue weighted by Gasteiger charge is -2.28. The summed E-state index contributed by atoms with van der Waals surface area (Å²) in [4.78, 5) is 16.1. The van der Waals surface area contributed by atoms with Crippen molar-refractivity contribution in [3.63, 3.8) is 0 Å². The molecule has 2 aliphatic heterocycles. The molecule has 2 heterocycles. The molecule has 3 unspecified atom stereocenters. The van der Waals surface area contributed by atoms with Gasteiger partial charge < -0.3 is 21.2 Å². The second-order valence-electron chi connectivity index (χ2n) is 6.48. The third-order valence-corrected chi connectivity index (χ3v) is 4.16. The summed E-state index contributed by atoms with van der Waals surface area (Å²) in [6, 6.07) is -0.110. The number of carbonyl (C=O) groups is 1. The van der Waals surface area contributed by atoms with Gasteiger partial charge in [-0.15, -0.1) is 0 Å². The summed E-state index contributed by atoms with van der Waals surface area (Å²) in [7, 11) is 0. The summed E-state index contributed by atoms with van der Waals surface area (Å²) in [6.45, 7) is 9.72. The number of hydrogen-bond acceptors (Lipinski definition) is 5. The second kappa shape index (κ2) is 5.95. The van der Waals surface area contributed by atoms with Gasteiger partial charge in [-0.2, -0.15) is 0 Å². The molecular weight excluding hydrogens is 252 g/mol. The normalized spacial score (nSPS) is 30.9. The molecule has 4 N–H and O–H groups in total. The minimum absolute atomic E-state index is 0.110. The Morgan fingerprint density at radius 3 is 2.90 bits per heavy atom. The maximum atomic E-state index is 11.6. The van der Waals surface area contributed by atoms with Crippen molar-refractivity contribution in [1.82, 2.24) is 10.6 Å². The van der Waals surface area contributed by atoms with Crippen LogP contribution in [0, 0.1) is 11.8 Å². The number of aldehydes is 1. The van der Waals surface area contributed by atoms with E-state index in [2.05, 4.69) is 36.1 Å². The maximum Gasteiger partial charge on any atom is 0.147 e. The quantitative estimate of drug-likeness (QED) is 0.628. The Balaban J connectivity index is 1.98. The summed E-state index contributed by atoms with van der Waals surface area (Å²) in [5, 5.41) is 6.54. The minimum Gasteiger partial charge on any atom is -0.389 e. The zero-order valence-electron chi connectivity index (χ0n) is 12.5. The average molecular weight is 278 g/mol. The molecule has 112 valence electrons. The highest BCUT2D eigenvalue weighted by atomic mass is 16.1. The number of aliphatic imine (C=N–C) groups is 1. The molecular formula is C15H26N4O. The summed E-state index contributed by atoms with van der Waals surface area (Å²) < 4.78 is 0. The van der Waals surface area contributed by atoms with Crippen LogP contribution in [-0.4, -0.2) is 36.8 Å². The van der Waals surface area contributed by atoms with E-state index in [0.29, 0.717) is 18.4 Å². The highest BCUT2D eigenvalue weighted by molar-refractivity contribution is 5.93. The molecule has 0 aromatic carbocycles. The van der Waals surface area contributed by atoms with E-state index in [4.69, 9.17) is 5.73 Å².